The highest BCUT2D eigenvalue weighted by Gasteiger charge is 2.39. The highest BCUT2D eigenvalue weighted by Crippen LogP contribution is 2.48. The predicted molar refractivity (Wildman–Crippen MR) is 77.6 cm³/mol. The number of nitrogens with one attached hydrogen (secondary N) is 1. The molecule has 1 unspecified atom stereocenters. The number of alkyl halides is 3. The average Bonchev–Trinajstić information content (AvgIpc) is 2.23. The van der Waals surface area contributed by atoms with Gasteiger partial charge in [-0.15, -0.1) is 11.8 Å². The van der Waals surface area contributed by atoms with Crippen molar-refractivity contribution in [1.82, 2.24) is 5.09 Å². The van der Waals surface area contributed by atoms with E-state index in [0.29, 0.717) is 5.75 Å². The van der Waals surface area contributed by atoms with Crippen molar-refractivity contribution in [2.75, 3.05) is 25.6 Å². The molecule has 0 spiro atoms. The van der Waals surface area contributed by atoms with E-state index in [-0.39, 0.29) is 19.8 Å². The summed E-state index contributed by atoms with van der Waals surface area (Å²) in [6.45, 7) is 3.66. The molecule has 0 rings (SSSR count). The van der Waals surface area contributed by atoms with E-state index in [1.165, 1.54) is 0 Å². The first kappa shape index (κ1) is 19.3. The van der Waals surface area contributed by atoms with Crippen molar-refractivity contribution in [3.63, 3.8) is 0 Å². The third-order valence-electron chi connectivity index (χ3n) is 1.55. The molecular formula is C8H17Cl3NO4PS. The van der Waals surface area contributed by atoms with E-state index in [4.69, 9.17) is 49.0 Å². The highest BCUT2D eigenvalue weighted by atomic mass is 35.6. The molecule has 0 saturated carbocycles. The fraction of sp³-hybridized carbons (Fsp3) is 1.00. The maximum Gasteiger partial charge on any atom is 0.406 e. The topological polar surface area (TPSA) is 67.8 Å². The summed E-state index contributed by atoms with van der Waals surface area (Å²) in [5.41, 5.74) is 0. The van der Waals surface area contributed by atoms with Crippen LogP contribution in [0.1, 0.15) is 13.8 Å². The summed E-state index contributed by atoms with van der Waals surface area (Å²) in [5, 5.41) is 10.5. The van der Waals surface area contributed by atoms with Gasteiger partial charge in [0.25, 0.3) is 0 Å². The van der Waals surface area contributed by atoms with Crippen LogP contribution in [-0.4, -0.2) is 39.8 Å². The predicted octanol–water partition coefficient (Wildman–Crippen LogP) is 3.18. The van der Waals surface area contributed by atoms with Gasteiger partial charge < -0.3 is 5.11 Å². The molecular weight excluding hydrogens is 343 g/mol. The molecule has 5 nitrogen and oxygen atoms in total. The molecule has 0 aromatic heterocycles. The Hall–Kier alpha value is 1.29. The maximum atomic E-state index is 12.2. The molecule has 110 valence electrons. The first-order valence-corrected chi connectivity index (χ1v) is 8.97. The average molecular weight is 361 g/mol. The van der Waals surface area contributed by atoms with Gasteiger partial charge >= 0.3 is 7.75 Å². The van der Waals surface area contributed by atoms with Gasteiger partial charge in [-0.05, 0) is 13.8 Å². The molecule has 0 aliphatic heterocycles. The van der Waals surface area contributed by atoms with Crippen LogP contribution < -0.4 is 5.09 Å². The summed E-state index contributed by atoms with van der Waals surface area (Å²) in [4.78, 5) is 0. The SMILES string of the molecule is CCOP(=O)(NC(SCCO)C(Cl)(Cl)Cl)OCC. The Morgan fingerprint density at radius 3 is 2.17 bits per heavy atom. The standard InChI is InChI=1S/C8H17Cl3NO4PS/c1-3-15-17(14,16-4-2)12-7(8(9,10)11)18-6-5-13/h7,13H,3-6H2,1-2H3,(H,12,14). The van der Waals surface area contributed by atoms with Crippen LogP contribution in [0.5, 0.6) is 0 Å². The zero-order chi connectivity index (χ0) is 14.2. The second kappa shape index (κ2) is 9.27. The van der Waals surface area contributed by atoms with Crippen LogP contribution in [0.15, 0.2) is 0 Å². The molecule has 1 atom stereocenters. The maximum absolute atomic E-state index is 12.2. The summed E-state index contributed by atoms with van der Waals surface area (Å²) in [6, 6.07) is 0. The lowest BCUT2D eigenvalue weighted by atomic mass is 10.8. The zero-order valence-corrected chi connectivity index (χ0v) is 14.0. The van der Waals surface area contributed by atoms with Crippen LogP contribution in [0.4, 0.5) is 0 Å². The number of hydrogen-bond donors (Lipinski definition) is 2. The van der Waals surface area contributed by atoms with Crippen LogP contribution >= 0.6 is 54.3 Å². The molecule has 0 heterocycles. The molecule has 0 amide bonds. The Labute approximate surface area is 126 Å². The molecule has 2 N–H and O–H groups in total. The fourth-order valence-electron chi connectivity index (χ4n) is 0.971. The Morgan fingerprint density at radius 2 is 1.83 bits per heavy atom. The summed E-state index contributed by atoms with van der Waals surface area (Å²) >= 11 is 18.4. The van der Waals surface area contributed by atoms with E-state index in [9.17, 15) is 4.57 Å². The molecule has 0 aromatic rings. The van der Waals surface area contributed by atoms with Gasteiger partial charge in [0.2, 0.25) is 3.79 Å². The minimum atomic E-state index is -3.52. The molecule has 0 saturated heterocycles. The van der Waals surface area contributed by atoms with Gasteiger partial charge in [-0.1, -0.05) is 34.8 Å². The van der Waals surface area contributed by atoms with Crippen LogP contribution in [-0.2, 0) is 13.6 Å². The summed E-state index contributed by atoms with van der Waals surface area (Å²) < 4.78 is 20.6. The van der Waals surface area contributed by atoms with Gasteiger partial charge in [-0.3, -0.25) is 9.05 Å². The lowest BCUT2D eigenvalue weighted by molar-refractivity contribution is 0.210. The second-order valence-corrected chi connectivity index (χ2v) is 8.33. The van der Waals surface area contributed by atoms with Gasteiger partial charge in [0.15, 0.2) is 0 Å². The summed E-state index contributed by atoms with van der Waals surface area (Å²) in [7, 11) is -3.52. The highest BCUT2D eigenvalue weighted by molar-refractivity contribution is 8.00. The molecule has 0 aliphatic rings. The molecule has 18 heavy (non-hydrogen) atoms. The van der Waals surface area contributed by atoms with E-state index in [0.717, 1.165) is 11.8 Å². The van der Waals surface area contributed by atoms with E-state index < -0.39 is 16.9 Å². The van der Waals surface area contributed by atoms with Crippen LogP contribution in [0.25, 0.3) is 0 Å². The molecule has 0 fully saturated rings. The quantitative estimate of drug-likeness (QED) is 0.374. The first-order valence-electron chi connectivity index (χ1n) is 5.25. The van der Waals surface area contributed by atoms with Crippen molar-refractivity contribution in [1.29, 1.82) is 0 Å². The number of aliphatic hydroxyl groups is 1. The van der Waals surface area contributed by atoms with Gasteiger partial charge in [-0.2, -0.15) is 0 Å². The van der Waals surface area contributed by atoms with Gasteiger partial charge in [0, 0.05) is 5.75 Å². The third-order valence-corrected chi connectivity index (χ3v) is 5.76. The lowest BCUT2D eigenvalue weighted by Gasteiger charge is -2.28. The molecule has 10 heteroatoms. The third kappa shape index (κ3) is 7.78. The molecule has 0 bridgehead atoms. The number of aliphatic hydroxyl groups excluding tert-OH is 1. The number of thioether (sulfide) groups is 1. The first-order chi connectivity index (χ1) is 8.29. The Balaban J connectivity index is 4.74. The van der Waals surface area contributed by atoms with Crippen LogP contribution in [0, 0.1) is 0 Å². The number of rotatable bonds is 9. The van der Waals surface area contributed by atoms with Crippen molar-refractivity contribution in [3.8, 4) is 0 Å². The number of hydrogen-bond acceptors (Lipinski definition) is 5. The monoisotopic (exact) mass is 359 g/mol. The van der Waals surface area contributed by atoms with Crippen LogP contribution in [0.2, 0.25) is 0 Å². The molecule has 0 aromatic carbocycles. The van der Waals surface area contributed by atoms with Crippen LogP contribution in [0.3, 0.4) is 0 Å². The smallest absolute Gasteiger partial charge is 0.396 e. The van der Waals surface area contributed by atoms with E-state index >= 15 is 0 Å². The van der Waals surface area contributed by atoms with Gasteiger partial charge in [0.1, 0.15) is 5.37 Å². The van der Waals surface area contributed by atoms with Crippen molar-refractivity contribution >= 4 is 54.3 Å². The van der Waals surface area contributed by atoms with Gasteiger partial charge in [-0.25, -0.2) is 9.65 Å². The van der Waals surface area contributed by atoms with E-state index in [2.05, 4.69) is 5.09 Å². The molecule has 0 aliphatic carbocycles. The van der Waals surface area contributed by atoms with Gasteiger partial charge in [0.05, 0.1) is 19.8 Å². The van der Waals surface area contributed by atoms with Crippen molar-refractivity contribution in [2.24, 2.45) is 0 Å². The molecule has 0 radical (unpaired) electrons. The normalized spacial score (nSPS) is 14.8. The van der Waals surface area contributed by atoms with Crippen molar-refractivity contribution in [2.45, 2.75) is 23.0 Å². The Kier molecular flexibility index (Phi) is 9.93. The Bertz CT molecular complexity index is 270. The van der Waals surface area contributed by atoms with Crippen molar-refractivity contribution < 1.29 is 18.7 Å². The van der Waals surface area contributed by atoms with E-state index in [1.807, 2.05) is 0 Å². The minimum Gasteiger partial charge on any atom is -0.396 e. The number of halogens is 3. The zero-order valence-electron chi connectivity index (χ0n) is 10.1. The lowest BCUT2D eigenvalue weighted by Crippen LogP contribution is -2.37. The second-order valence-electron chi connectivity index (χ2n) is 2.98. The Morgan fingerprint density at radius 1 is 1.33 bits per heavy atom. The fourth-order valence-corrected chi connectivity index (χ4v) is 4.53. The minimum absolute atomic E-state index is 0.0861. The van der Waals surface area contributed by atoms with Crippen molar-refractivity contribution in [3.05, 3.63) is 0 Å². The summed E-state index contributed by atoms with van der Waals surface area (Å²) in [5.74, 6) is 0.323. The summed E-state index contributed by atoms with van der Waals surface area (Å²) in [6.07, 6.45) is 0. The van der Waals surface area contributed by atoms with E-state index in [1.54, 1.807) is 13.8 Å². The largest absolute Gasteiger partial charge is 0.406 e.